The van der Waals surface area contributed by atoms with Crippen molar-refractivity contribution < 1.29 is 18.6 Å². The highest BCUT2D eigenvalue weighted by Crippen LogP contribution is 2.30. The predicted molar refractivity (Wildman–Crippen MR) is 125 cm³/mol. The zero-order chi connectivity index (χ0) is 22.6. The van der Waals surface area contributed by atoms with Crippen molar-refractivity contribution in [2.24, 2.45) is 0 Å². The Morgan fingerprint density at radius 2 is 1.97 bits per heavy atom. The van der Waals surface area contributed by atoms with E-state index in [1.54, 1.807) is 7.11 Å². The second-order valence-corrected chi connectivity index (χ2v) is 8.04. The average molecular weight is 458 g/mol. The summed E-state index contributed by atoms with van der Waals surface area (Å²) in [6.45, 7) is 4.31. The van der Waals surface area contributed by atoms with Crippen LogP contribution in [0.15, 0.2) is 59.8 Å². The number of anilines is 1. The van der Waals surface area contributed by atoms with Crippen molar-refractivity contribution in [2.45, 2.75) is 31.1 Å². The van der Waals surface area contributed by atoms with E-state index >= 15 is 0 Å². The van der Waals surface area contributed by atoms with Crippen LogP contribution in [0.4, 0.5) is 10.3 Å². The molecule has 0 spiro atoms. The maximum absolute atomic E-state index is 12.7. The van der Waals surface area contributed by atoms with Crippen LogP contribution in [0.1, 0.15) is 24.0 Å². The molecule has 0 unspecified atom stereocenters. The molecule has 6 nitrogen and oxygen atoms in total. The lowest BCUT2D eigenvalue weighted by Crippen LogP contribution is -2.08. The van der Waals surface area contributed by atoms with Crippen LogP contribution in [0.25, 0.3) is 0 Å². The monoisotopic (exact) mass is 457 g/mol. The summed E-state index contributed by atoms with van der Waals surface area (Å²) >= 11 is 1.37. The molecule has 0 amide bonds. The summed E-state index contributed by atoms with van der Waals surface area (Å²) in [4.78, 5) is 8.67. The zero-order valence-electron chi connectivity index (χ0n) is 18.3. The summed E-state index contributed by atoms with van der Waals surface area (Å²) in [5.41, 5.74) is 2.47. The number of aryl methyl sites for hydroxylation is 2. The Labute approximate surface area is 192 Å². The topological polar surface area (TPSA) is 65.5 Å². The second-order valence-electron chi connectivity index (χ2n) is 7.16. The van der Waals surface area contributed by atoms with E-state index in [1.807, 2.05) is 30.3 Å². The molecule has 1 aliphatic rings. The first-order valence-corrected chi connectivity index (χ1v) is 11.3. The molecule has 32 heavy (non-hydrogen) atoms. The molecule has 0 bridgehead atoms. The van der Waals surface area contributed by atoms with Crippen LogP contribution in [-0.4, -0.2) is 36.9 Å². The minimum Gasteiger partial charge on any atom is -0.493 e. The SMILES string of the molecule is COCCCOc1cccc(C)c1.Fc1cnc(NSc2ccc3c(c2)OCCC3)nc1. The van der Waals surface area contributed by atoms with Gasteiger partial charge in [-0.25, -0.2) is 14.4 Å². The van der Waals surface area contributed by atoms with E-state index < -0.39 is 5.82 Å². The Morgan fingerprint density at radius 3 is 2.75 bits per heavy atom. The van der Waals surface area contributed by atoms with E-state index in [2.05, 4.69) is 33.7 Å². The Kier molecular flexibility index (Phi) is 9.59. The molecule has 0 radical (unpaired) electrons. The predicted octanol–water partition coefficient (Wildman–Crippen LogP) is 5.47. The molecular formula is C24H28FN3O3S. The third-order valence-electron chi connectivity index (χ3n) is 4.52. The lowest BCUT2D eigenvalue weighted by atomic mass is 10.1. The Bertz CT molecular complexity index is 973. The minimum absolute atomic E-state index is 0.380. The smallest absolute Gasteiger partial charge is 0.233 e. The van der Waals surface area contributed by atoms with Gasteiger partial charge in [0.05, 0.1) is 25.6 Å². The molecule has 3 aromatic rings. The summed E-state index contributed by atoms with van der Waals surface area (Å²) < 4.78 is 31.7. The van der Waals surface area contributed by atoms with Gasteiger partial charge in [0.1, 0.15) is 11.5 Å². The number of hydrogen-bond donors (Lipinski definition) is 1. The van der Waals surface area contributed by atoms with Crippen molar-refractivity contribution in [1.82, 2.24) is 9.97 Å². The number of methoxy groups -OCH3 is 1. The first-order chi connectivity index (χ1) is 15.6. The number of nitrogens with zero attached hydrogens (tertiary/aromatic N) is 2. The lowest BCUT2D eigenvalue weighted by molar-refractivity contribution is 0.172. The Hall–Kier alpha value is -2.84. The average Bonchev–Trinajstić information content (AvgIpc) is 2.82. The number of ether oxygens (including phenoxy) is 3. The van der Waals surface area contributed by atoms with E-state index in [9.17, 15) is 4.39 Å². The molecular weight excluding hydrogens is 429 g/mol. The van der Waals surface area contributed by atoms with E-state index in [0.717, 1.165) is 67.9 Å². The standard InChI is InChI=1S/C13H12FN3OS.C11H16O2/c14-10-7-15-13(16-8-10)17-19-11-4-3-9-2-1-5-18-12(9)6-11;1-10-5-3-6-11(9-10)13-8-4-7-12-2/h3-4,6-8H,1-2,5H2,(H,15,16,17);3,5-6,9H,4,7-8H2,1-2H3. The fourth-order valence-corrected chi connectivity index (χ4v) is 3.57. The van der Waals surface area contributed by atoms with Crippen molar-refractivity contribution in [2.75, 3.05) is 31.7 Å². The van der Waals surface area contributed by atoms with Gasteiger partial charge in [-0.3, -0.25) is 4.72 Å². The summed E-state index contributed by atoms with van der Waals surface area (Å²) in [6.07, 6.45) is 5.33. The van der Waals surface area contributed by atoms with Crippen molar-refractivity contribution in [3.63, 3.8) is 0 Å². The van der Waals surface area contributed by atoms with Crippen molar-refractivity contribution in [3.8, 4) is 11.5 Å². The molecule has 8 heteroatoms. The van der Waals surface area contributed by atoms with E-state index in [-0.39, 0.29) is 0 Å². The lowest BCUT2D eigenvalue weighted by Gasteiger charge is -2.17. The highest BCUT2D eigenvalue weighted by atomic mass is 32.2. The second kappa shape index (κ2) is 12.9. The van der Waals surface area contributed by atoms with Gasteiger partial charge >= 0.3 is 0 Å². The maximum Gasteiger partial charge on any atom is 0.233 e. The van der Waals surface area contributed by atoms with E-state index in [1.165, 1.54) is 23.1 Å². The van der Waals surface area contributed by atoms with Gasteiger partial charge in [0.2, 0.25) is 5.95 Å². The molecule has 1 aliphatic heterocycles. The van der Waals surface area contributed by atoms with E-state index in [0.29, 0.717) is 5.95 Å². The third kappa shape index (κ3) is 8.01. The van der Waals surface area contributed by atoms with Gasteiger partial charge in [0, 0.05) is 25.0 Å². The fraction of sp³-hybridized carbons (Fsp3) is 0.333. The number of halogens is 1. The van der Waals surface area contributed by atoms with Crippen molar-refractivity contribution >= 4 is 17.9 Å². The molecule has 170 valence electrons. The molecule has 2 heterocycles. The number of benzene rings is 2. The van der Waals surface area contributed by atoms with Crippen LogP contribution in [0.5, 0.6) is 11.5 Å². The first kappa shape index (κ1) is 23.8. The third-order valence-corrected chi connectivity index (χ3v) is 5.29. The number of aromatic nitrogens is 2. The van der Waals surface area contributed by atoms with Gasteiger partial charge in [-0.15, -0.1) is 0 Å². The van der Waals surface area contributed by atoms with Gasteiger partial charge in [-0.05, 0) is 67.1 Å². The molecule has 1 aromatic heterocycles. The van der Waals surface area contributed by atoms with Gasteiger partial charge in [-0.2, -0.15) is 0 Å². The first-order valence-electron chi connectivity index (χ1n) is 10.5. The molecule has 0 saturated carbocycles. The molecule has 0 fully saturated rings. The van der Waals surface area contributed by atoms with Crippen LogP contribution in [0.2, 0.25) is 0 Å². The number of rotatable bonds is 8. The van der Waals surface area contributed by atoms with Gasteiger partial charge < -0.3 is 14.2 Å². The summed E-state index contributed by atoms with van der Waals surface area (Å²) in [7, 11) is 1.70. The number of hydrogen-bond acceptors (Lipinski definition) is 7. The van der Waals surface area contributed by atoms with Gasteiger partial charge in [-0.1, -0.05) is 18.2 Å². The van der Waals surface area contributed by atoms with Crippen molar-refractivity contribution in [3.05, 3.63) is 71.8 Å². The normalized spacial score (nSPS) is 12.1. The quantitative estimate of drug-likeness (QED) is 0.355. The Balaban J connectivity index is 0.000000195. The van der Waals surface area contributed by atoms with Crippen LogP contribution in [0, 0.1) is 12.7 Å². The van der Waals surface area contributed by atoms with Crippen LogP contribution in [-0.2, 0) is 11.2 Å². The van der Waals surface area contributed by atoms with E-state index in [4.69, 9.17) is 14.2 Å². The molecule has 1 N–H and O–H groups in total. The minimum atomic E-state index is -0.447. The van der Waals surface area contributed by atoms with Crippen molar-refractivity contribution in [1.29, 1.82) is 0 Å². The van der Waals surface area contributed by atoms with Crippen LogP contribution >= 0.6 is 11.9 Å². The highest BCUT2D eigenvalue weighted by molar-refractivity contribution is 8.00. The van der Waals surface area contributed by atoms with Gasteiger partial charge in [0.25, 0.3) is 0 Å². The van der Waals surface area contributed by atoms with Crippen LogP contribution in [0.3, 0.4) is 0 Å². The Morgan fingerprint density at radius 1 is 1.12 bits per heavy atom. The summed E-state index contributed by atoms with van der Waals surface area (Å²) in [5.74, 6) is 1.82. The highest BCUT2D eigenvalue weighted by Gasteiger charge is 2.11. The van der Waals surface area contributed by atoms with Crippen LogP contribution < -0.4 is 14.2 Å². The largest absolute Gasteiger partial charge is 0.493 e. The number of nitrogens with one attached hydrogen (secondary N) is 1. The maximum atomic E-state index is 12.7. The molecule has 0 aliphatic carbocycles. The molecule has 0 atom stereocenters. The molecule has 4 rings (SSSR count). The zero-order valence-corrected chi connectivity index (χ0v) is 19.2. The molecule has 2 aromatic carbocycles. The summed E-state index contributed by atoms with van der Waals surface area (Å²) in [6, 6.07) is 14.2. The summed E-state index contributed by atoms with van der Waals surface area (Å²) in [5, 5.41) is 0. The fourth-order valence-electron chi connectivity index (χ4n) is 2.95. The molecule has 0 saturated heterocycles. The number of fused-ring (bicyclic) bond motifs is 1. The van der Waals surface area contributed by atoms with Gasteiger partial charge in [0.15, 0.2) is 5.82 Å².